The van der Waals surface area contributed by atoms with Gasteiger partial charge in [-0.15, -0.1) is 0 Å². The van der Waals surface area contributed by atoms with Crippen LogP contribution in [-0.4, -0.2) is 23.0 Å². The Balaban J connectivity index is 1.65. The second-order valence-electron chi connectivity index (χ2n) is 15.0. The normalized spacial score (nSPS) is 18.0. The molecule has 0 saturated carbocycles. The second kappa shape index (κ2) is 13.0. The van der Waals surface area contributed by atoms with Gasteiger partial charge in [0.05, 0.1) is 22.3 Å². The van der Waals surface area contributed by atoms with Crippen molar-refractivity contribution in [2.24, 2.45) is 0 Å². The number of hydrogen-bond acceptors (Lipinski definition) is 2. The molecule has 0 amide bonds. The Labute approximate surface area is 305 Å². The summed E-state index contributed by atoms with van der Waals surface area (Å²) in [5.74, 6) is 0.205. The Bertz CT molecular complexity index is 1900. The van der Waals surface area contributed by atoms with Crippen LogP contribution in [0.1, 0.15) is 63.8 Å². The van der Waals surface area contributed by atoms with Crippen LogP contribution in [0.15, 0.2) is 60.7 Å². The lowest BCUT2D eigenvalue weighted by atomic mass is 9.93. The zero-order valence-electron chi connectivity index (χ0n) is 29.4. The summed E-state index contributed by atoms with van der Waals surface area (Å²) in [6.07, 6.45) is -20.2. The molecule has 2 aliphatic rings. The van der Waals surface area contributed by atoms with Crippen LogP contribution in [0.25, 0.3) is 33.4 Å². The second-order valence-corrected chi connectivity index (χ2v) is 20.8. The first-order valence-corrected chi connectivity index (χ1v) is 19.4. The summed E-state index contributed by atoms with van der Waals surface area (Å²) in [7, 11) is -2.60. The van der Waals surface area contributed by atoms with E-state index in [0.717, 1.165) is 0 Å². The van der Waals surface area contributed by atoms with E-state index in [9.17, 15) is 52.7 Å². The molecule has 0 aliphatic carbocycles. The third-order valence-electron chi connectivity index (χ3n) is 9.19. The van der Waals surface area contributed by atoms with E-state index < -0.39 is 73.1 Å². The van der Waals surface area contributed by atoms with Gasteiger partial charge in [0.25, 0.3) is 0 Å². The summed E-state index contributed by atoms with van der Waals surface area (Å²) in [5, 5.41) is 0.147. The van der Waals surface area contributed by atoms with Crippen molar-refractivity contribution in [3.63, 3.8) is 0 Å². The first-order valence-electron chi connectivity index (χ1n) is 16.3. The summed E-state index contributed by atoms with van der Waals surface area (Å²) in [6.45, 7) is 11.5. The third kappa shape index (κ3) is 7.54. The highest BCUT2D eigenvalue weighted by Gasteiger charge is 2.44. The van der Waals surface area contributed by atoms with Crippen LogP contribution >= 0.6 is 15.8 Å². The van der Waals surface area contributed by atoms with E-state index in [1.807, 2.05) is 41.5 Å². The van der Waals surface area contributed by atoms with E-state index >= 15 is 0 Å². The molecule has 2 heterocycles. The van der Waals surface area contributed by atoms with Gasteiger partial charge in [0, 0.05) is 21.7 Å². The van der Waals surface area contributed by atoms with Crippen LogP contribution in [0.4, 0.5) is 52.7 Å². The number of ether oxygens (including phenoxy) is 2. The smallest absolute Gasteiger partial charge is 0.416 e. The highest BCUT2D eigenvalue weighted by atomic mass is 31.1. The maximum atomic E-state index is 13.9. The molecule has 0 saturated heterocycles. The van der Waals surface area contributed by atoms with Crippen molar-refractivity contribution >= 4 is 26.5 Å². The van der Waals surface area contributed by atoms with Gasteiger partial charge in [-0.1, -0.05) is 53.7 Å². The first-order chi connectivity index (χ1) is 24.6. The van der Waals surface area contributed by atoms with E-state index in [2.05, 4.69) is 0 Å². The van der Waals surface area contributed by atoms with Crippen LogP contribution < -0.4 is 20.1 Å². The fourth-order valence-electron chi connectivity index (χ4n) is 6.53. The van der Waals surface area contributed by atoms with Gasteiger partial charge in [0.15, 0.2) is 0 Å². The highest BCUT2D eigenvalue weighted by molar-refractivity contribution is 7.68. The number of alkyl halides is 12. The predicted octanol–water partition coefficient (Wildman–Crippen LogP) is 13.3. The number of halogens is 12. The summed E-state index contributed by atoms with van der Waals surface area (Å²) in [4.78, 5) is 0. The number of fused-ring (bicyclic) bond motifs is 2. The van der Waals surface area contributed by atoms with Crippen molar-refractivity contribution in [1.29, 1.82) is 0 Å². The van der Waals surface area contributed by atoms with Crippen molar-refractivity contribution in [2.45, 2.75) is 76.6 Å². The molecule has 0 bridgehead atoms. The molecule has 2 atom stereocenters. The summed E-state index contributed by atoms with van der Waals surface area (Å²) in [5.41, 5.74) is -5.64. The minimum absolute atomic E-state index is 0.00541. The molecule has 2 nitrogen and oxygen atoms in total. The molecule has 0 fully saturated rings. The van der Waals surface area contributed by atoms with Gasteiger partial charge in [-0.2, -0.15) is 52.7 Å². The van der Waals surface area contributed by atoms with Gasteiger partial charge in [0.2, 0.25) is 0 Å². The van der Waals surface area contributed by atoms with Crippen molar-refractivity contribution in [1.82, 2.24) is 0 Å². The molecule has 290 valence electrons. The lowest BCUT2D eigenvalue weighted by Crippen LogP contribution is -2.22. The summed E-state index contributed by atoms with van der Waals surface area (Å²) in [6, 6.07) is 8.53. The van der Waals surface area contributed by atoms with Crippen LogP contribution in [0.2, 0.25) is 0 Å². The fourth-order valence-corrected chi connectivity index (χ4v) is 11.2. The predicted molar refractivity (Wildman–Crippen MR) is 186 cm³/mol. The number of rotatable bonds is 3. The maximum absolute atomic E-state index is 13.9. The van der Waals surface area contributed by atoms with Crippen LogP contribution in [-0.2, 0) is 24.7 Å². The minimum Gasteiger partial charge on any atom is -0.488 e. The first kappa shape index (κ1) is 40.2. The Morgan fingerprint density at radius 3 is 0.907 bits per heavy atom. The molecule has 0 spiro atoms. The lowest BCUT2D eigenvalue weighted by Gasteiger charge is -2.30. The minimum atomic E-state index is -5.09. The molecule has 0 aromatic heterocycles. The van der Waals surface area contributed by atoms with Crippen molar-refractivity contribution in [3.8, 4) is 44.9 Å². The molecule has 2 unspecified atom stereocenters. The molecule has 0 radical (unpaired) electrons. The van der Waals surface area contributed by atoms with Crippen molar-refractivity contribution < 1.29 is 62.2 Å². The van der Waals surface area contributed by atoms with E-state index in [1.165, 1.54) is 12.1 Å². The zero-order chi connectivity index (χ0) is 40.1. The molecule has 4 aromatic rings. The quantitative estimate of drug-likeness (QED) is 0.152. The summed E-state index contributed by atoms with van der Waals surface area (Å²) >= 11 is 0. The molecular weight excluding hydrogens is 778 g/mol. The highest BCUT2D eigenvalue weighted by Crippen LogP contribution is 2.61. The Hall–Kier alpha value is -3.50. The maximum Gasteiger partial charge on any atom is 0.416 e. The van der Waals surface area contributed by atoms with Gasteiger partial charge in [-0.25, -0.2) is 0 Å². The fraction of sp³-hybridized carbons (Fsp3) is 0.368. The number of benzene rings is 4. The van der Waals surface area contributed by atoms with Crippen LogP contribution in [0.3, 0.4) is 0 Å². The molecule has 16 heteroatoms. The van der Waals surface area contributed by atoms with Crippen LogP contribution in [0, 0.1) is 0 Å². The molecular formula is C38H32F12O2P2. The molecule has 4 aromatic carbocycles. The van der Waals surface area contributed by atoms with E-state index in [4.69, 9.17) is 9.47 Å². The monoisotopic (exact) mass is 810 g/mol. The Kier molecular flexibility index (Phi) is 9.70. The standard InChI is InChI=1S/C38H32F12O2P2/c1-33(2,3)53-17-51-29-25(19-11-21(35(39,40)41)15-22(12-19)36(42,43)44)7-9-27(31(29)53)28-10-8-26(30-32(28)54(18-52-30)34(4,5)6)20-13-23(37(45,46)47)16-24(14-20)38(48,49)50/h7-16H,17-18H2,1-6H3. The SMILES string of the molecule is CC(C)(C)P1COc2c(-c3cc(C(F)(F)F)cc(C(F)(F)F)c3)ccc(-c3ccc(-c4cc(C(F)(F)F)cc(C(F)(F)F)c4)c4c3P(C(C)(C)C)CO4)c21. The van der Waals surface area contributed by atoms with E-state index in [-0.39, 0.29) is 58.6 Å². The topological polar surface area (TPSA) is 18.5 Å². The van der Waals surface area contributed by atoms with Gasteiger partial charge in [0.1, 0.15) is 24.2 Å². The van der Waals surface area contributed by atoms with Crippen molar-refractivity contribution in [3.05, 3.63) is 82.9 Å². The van der Waals surface area contributed by atoms with Gasteiger partial charge < -0.3 is 9.47 Å². The Morgan fingerprint density at radius 1 is 0.407 bits per heavy atom. The average molecular weight is 811 g/mol. The van der Waals surface area contributed by atoms with Gasteiger partial charge in [-0.05, 0) is 96.9 Å². The zero-order valence-corrected chi connectivity index (χ0v) is 31.2. The largest absolute Gasteiger partial charge is 0.488 e. The summed E-state index contributed by atoms with van der Waals surface area (Å²) < 4.78 is 179. The lowest BCUT2D eigenvalue weighted by molar-refractivity contribution is -0.144. The van der Waals surface area contributed by atoms with Crippen molar-refractivity contribution in [2.75, 3.05) is 12.7 Å². The van der Waals surface area contributed by atoms with Gasteiger partial charge in [-0.3, -0.25) is 0 Å². The molecule has 2 aliphatic heterocycles. The van der Waals surface area contributed by atoms with E-state index in [1.54, 1.807) is 12.1 Å². The van der Waals surface area contributed by atoms with Crippen LogP contribution in [0.5, 0.6) is 11.5 Å². The molecule has 0 N–H and O–H groups in total. The van der Waals surface area contributed by atoms with E-state index in [0.29, 0.717) is 46.0 Å². The Morgan fingerprint density at radius 2 is 0.667 bits per heavy atom. The van der Waals surface area contributed by atoms with Gasteiger partial charge >= 0.3 is 24.7 Å². The average Bonchev–Trinajstić information content (AvgIpc) is 3.68. The third-order valence-corrected chi connectivity index (χ3v) is 15.2. The molecule has 54 heavy (non-hydrogen) atoms. The number of hydrogen-bond donors (Lipinski definition) is 0. The molecule has 6 rings (SSSR count).